The van der Waals surface area contributed by atoms with E-state index >= 15 is 0 Å². The van der Waals surface area contributed by atoms with E-state index in [1.807, 2.05) is 61.8 Å². The van der Waals surface area contributed by atoms with E-state index in [0.29, 0.717) is 18.5 Å². The fourth-order valence-electron chi connectivity index (χ4n) is 4.25. The van der Waals surface area contributed by atoms with Gasteiger partial charge in [-0.25, -0.2) is 0 Å². The lowest BCUT2D eigenvalue weighted by Gasteiger charge is -2.29. The van der Waals surface area contributed by atoms with Crippen molar-refractivity contribution in [2.75, 3.05) is 0 Å². The summed E-state index contributed by atoms with van der Waals surface area (Å²) in [5.74, 6) is -0.856. The molecule has 0 aliphatic carbocycles. The summed E-state index contributed by atoms with van der Waals surface area (Å²) in [7, 11) is 1.89. The van der Waals surface area contributed by atoms with Crippen molar-refractivity contribution >= 4 is 17.7 Å². The Morgan fingerprint density at radius 3 is 2.57 bits per heavy atom. The molecule has 2 aromatic carbocycles. The quantitative estimate of drug-likeness (QED) is 0.685. The molecule has 5 rings (SSSR count). The lowest BCUT2D eigenvalue weighted by atomic mass is 9.99. The van der Waals surface area contributed by atoms with Crippen LogP contribution in [0.3, 0.4) is 0 Å². The zero-order valence-electron chi connectivity index (χ0n) is 16.5. The number of aromatic nitrogens is 2. The van der Waals surface area contributed by atoms with Crippen molar-refractivity contribution in [3.63, 3.8) is 0 Å². The number of imide groups is 1. The van der Waals surface area contributed by atoms with Gasteiger partial charge in [0.1, 0.15) is 11.7 Å². The molecule has 3 heterocycles. The van der Waals surface area contributed by atoms with Crippen LogP contribution < -0.4 is 5.32 Å². The Morgan fingerprint density at radius 2 is 1.80 bits per heavy atom. The van der Waals surface area contributed by atoms with Crippen LogP contribution in [0, 0.1) is 0 Å². The number of hydrogen-bond donors (Lipinski definition) is 1. The molecule has 1 atom stereocenters. The summed E-state index contributed by atoms with van der Waals surface area (Å²) in [4.78, 5) is 38.2. The first-order valence-electron chi connectivity index (χ1n) is 9.88. The molecule has 1 fully saturated rings. The molecular weight excluding hydrogens is 380 g/mol. The van der Waals surface area contributed by atoms with Crippen LogP contribution in [0.4, 0.5) is 0 Å². The van der Waals surface area contributed by atoms with Gasteiger partial charge in [0.05, 0.1) is 0 Å². The predicted octanol–water partition coefficient (Wildman–Crippen LogP) is 2.52. The standard InChI is InChI=1S/C23H20N4O3/c1-26-13-18(14-5-3-2-4-6-14)21(25-26)15-7-8-17-16(11-15)12-27(23(17)30)19-9-10-20(28)24-22(19)29/h2-8,11,13,19H,9-10,12H2,1H3,(H,24,28,29). The Balaban J connectivity index is 1.49. The fourth-order valence-corrected chi connectivity index (χ4v) is 4.25. The van der Waals surface area contributed by atoms with Crippen molar-refractivity contribution in [1.82, 2.24) is 20.0 Å². The number of aryl methyl sites for hydroxylation is 1. The third kappa shape index (κ3) is 2.99. The number of carbonyl (C=O) groups excluding carboxylic acids is 3. The number of nitrogens with zero attached hydrogens (tertiary/aromatic N) is 3. The van der Waals surface area contributed by atoms with Gasteiger partial charge in [0, 0.05) is 42.9 Å². The van der Waals surface area contributed by atoms with E-state index in [-0.39, 0.29) is 18.2 Å². The van der Waals surface area contributed by atoms with Gasteiger partial charge in [0.2, 0.25) is 11.8 Å². The molecule has 1 saturated heterocycles. The van der Waals surface area contributed by atoms with Crippen LogP contribution in [0.5, 0.6) is 0 Å². The van der Waals surface area contributed by atoms with Gasteiger partial charge in [-0.15, -0.1) is 0 Å². The molecule has 1 aromatic heterocycles. The van der Waals surface area contributed by atoms with E-state index in [1.165, 1.54) is 0 Å². The average molecular weight is 400 g/mol. The van der Waals surface area contributed by atoms with Gasteiger partial charge in [0.25, 0.3) is 5.91 Å². The lowest BCUT2D eigenvalue weighted by Crippen LogP contribution is -2.52. The molecule has 1 N–H and O–H groups in total. The topological polar surface area (TPSA) is 84.3 Å². The second kappa shape index (κ2) is 6.95. The number of amides is 3. The summed E-state index contributed by atoms with van der Waals surface area (Å²) in [6.07, 6.45) is 2.59. The maximum absolute atomic E-state index is 12.9. The van der Waals surface area contributed by atoms with Crippen LogP contribution in [0.25, 0.3) is 22.4 Å². The zero-order valence-corrected chi connectivity index (χ0v) is 16.5. The van der Waals surface area contributed by atoms with E-state index in [1.54, 1.807) is 9.58 Å². The third-order valence-corrected chi connectivity index (χ3v) is 5.71. The van der Waals surface area contributed by atoms with Crippen molar-refractivity contribution < 1.29 is 14.4 Å². The van der Waals surface area contributed by atoms with Crippen LogP contribution in [0.2, 0.25) is 0 Å². The first-order chi connectivity index (χ1) is 14.5. The predicted molar refractivity (Wildman–Crippen MR) is 110 cm³/mol. The van der Waals surface area contributed by atoms with Gasteiger partial charge in [-0.3, -0.25) is 24.4 Å². The minimum atomic E-state index is -0.610. The fraction of sp³-hybridized carbons (Fsp3) is 0.217. The van der Waals surface area contributed by atoms with Crippen LogP contribution >= 0.6 is 0 Å². The monoisotopic (exact) mass is 400 g/mol. The van der Waals surface area contributed by atoms with E-state index in [9.17, 15) is 14.4 Å². The maximum atomic E-state index is 12.9. The van der Waals surface area contributed by atoms with Gasteiger partial charge in [-0.1, -0.05) is 36.4 Å². The molecule has 150 valence electrons. The van der Waals surface area contributed by atoms with Crippen LogP contribution in [0.1, 0.15) is 28.8 Å². The summed E-state index contributed by atoms with van der Waals surface area (Å²) in [5.41, 5.74) is 5.32. The minimum absolute atomic E-state index is 0.171. The van der Waals surface area contributed by atoms with Crippen LogP contribution in [0.15, 0.2) is 54.7 Å². The number of benzene rings is 2. The molecule has 7 heteroatoms. The molecule has 0 saturated carbocycles. The molecule has 1 unspecified atom stereocenters. The molecule has 0 spiro atoms. The van der Waals surface area contributed by atoms with Gasteiger partial charge in [-0.05, 0) is 29.7 Å². The molecule has 3 amide bonds. The SMILES string of the molecule is Cn1cc(-c2ccccc2)c(-c2ccc3c(c2)CN(C2CCC(=O)NC2=O)C3=O)n1. The summed E-state index contributed by atoms with van der Waals surface area (Å²) < 4.78 is 1.78. The van der Waals surface area contributed by atoms with Crippen molar-refractivity contribution in [1.29, 1.82) is 0 Å². The van der Waals surface area contributed by atoms with Crippen molar-refractivity contribution in [3.05, 3.63) is 65.9 Å². The number of hydrogen-bond acceptors (Lipinski definition) is 4. The number of nitrogens with one attached hydrogen (secondary N) is 1. The van der Waals surface area contributed by atoms with Crippen molar-refractivity contribution in [3.8, 4) is 22.4 Å². The smallest absolute Gasteiger partial charge is 0.255 e. The summed E-state index contributed by atoms with van der Waals surface area (Å²) >= 11 is 0. The third-order valence-electron chi connectivity index (χ3n) is 5.71. The van der Waals surface area contributed by atoms with Gasteiger partial charge < -0.3 is 4.90 Å². The minimum Gasteiger partial charge on any atom is -0.322 e. The summed E-state index contributed by atoms with van der Waals surface area (Å²) in [5, 5.41) is 6.98. The largest absolute Gasteiger partial charge is 0.322 e. The highest BCUT2D eigenvalue weighted by molar-refractivity contribution is 6.05. The van der Waals surface area contributed by atoms with Gasteiger partial charge in [-0.2, -0.15) is 5.10 Å². The van der Waals surface area contributed by atoms with E-state index in [2.05, 4.69) is 10.4 Å². The van der Waals surface area contributed by atoms with E-state index in [4.69, 9.17) is 0 Å². The number of piperidine rings is 1. The van der Waals surface area contributed by atoms with Gasteiger partial charge >= 0.3 is 0 Å². The van der Waals surface area contributed by atoms with Crippen LogP contribution in [-0.4, -0.2) is 38.4 Å². The first-order valence-corrected chi connectivity index (χ1v) is 9.88. The first kappa shape index (κ1) is 18.3. The second-order valence-corrected chi connectivity index (χ2v) is 7.70. The summed E-state index contributed by atoms with van der Waals surface area (Å²) in [6, 6.07) is 15.1. The van der Waals surface area contributed by atoms with E-state index < -0.39 is 11.9 Å². The lowest BCUT2D eigenvalue weighted by molar-refractivity contribution is -0.136. The number of rotatable bonds is 3. The molecule has 0 radical (unpaired) electrons. The van der Waals surface area contributed by atoms with Crippen LogP contribution in [-0.2, 0) is 23.2 Å². The second-order valence-electron chi connectivity index (χ2n) is 7.70. The molecule has 2 aliphatic heterocycles. The number of carbonyl (C=O) groups is 3. The maximum Gasteiger partial charge on any atom is 0.255 e. The Hall–Kier alpha value is -3.74. The molecule has 3 aromatic rings. The highest BCUT2D eigenvalue weighted by Crippen LogP contribution is 2.34. The Morgan fingerprint density at radius 1 is 1.00 bits per heavy atom. The molecule has 30 heavy (non-hydrogen) atoms. The average Bonchev–Trinajstić information content (AvgIpc) is 3.29. The molecule has 0 bridgehead atoms. The highest BCUT2D eigenvalue weighted by Gasteiger charge is 2.39. The Labute approximate surface area is 173 Å². The Bertz CT molecular complexity index is 1180. The molecule has 7 nitrogen and oxygen atoms in total. The molecule has 2 aliphatic rings. The normalized spacial score (nSPS) is 18.5. The summed E-state index contributed by atoms with van der Waals surface area (Å²) in [6.45, 7) is 0.349. The van der Waals surface area contributed by atoms with E-state index in [0.717, 1.165) is 27.9 Å². The van der Waals surface area contributed by atoms with Crippen molar-refractivity contribution in [2.24, 2.45) is 7.05 Å². The number of fused-ring (bicyclic) bond motifs is 1. The Kier molecular flexibility index (Phi) is 4.24. The van der Waals surface area contributed by atoms with Gasteiger partial charge in [0.15, 0.2) is 0 Å². The highest BCUT2D eigenvalue weighted by atomic mass is 16.2. The molecular formula is C23H20N4O3. The zero-order chi connectivity index (χ0) is 20.8. The van der Waals surface area contributed by atoms with Crippen molar-refractivity contribution in [2.45, 2.75) is 25.4 Å².